The standard InChI is InChI=1S/C10H14N2O2/c1-7(11)6-9-4-3-5-10(8(9)2)12(13)14/h3-5,7H,6,11H2,1-2H3/t7-/m0/s1. The zero-order valence-electron chi connectivity index (χ0n) is 8.36. The molecule has 0 aromatic heterocycles. The molecule has 0 amide bonds. The van der Waals surface area contributed by atoms with E-state index in [1.165, 1.54) is 6.07 Å². The Kier molecular flexibility index (Phi) is 3.19. The quantitative estimate of drug-likeness (QED) is 0.589. The number of nitrogens with zero attached hydrogens (tertiary/aromatic N) is 1. The van der Waals surface area contributed by atoms with Gasteiger partial charge >= 0.3 is 0 Å². The third-order valence-electron chi connectivity index (χ3n) is 2.16. The lowest BCUT2D eigenvalue weighted by molar-refractivity contribution is -0.385. The summed E-state index contributed by atoms with van der Waals surface area (Å²) in [5.74, 6) is 0. The number of nitrogens with two attached hydrogens (primary N) is 1. The van der Waals surface area contributed by atoms with Crippen LogP contribution in [0.1, 0.15) is 18.1 Å². The first-order valence-corrected chi connectivity index (χ1v) is 4.51. The maximum atomic E-state index is 10.6. The largest absolute Gasteiger partial charge is 0.328 e. The molecule has 4 heteroatoms. The van der Waals surface area contributed by atoms with E-state index in [9.17, 15) is 10.1 Å². The maximum Gasteiger partial charge on any atom is 0.272 e. The Bertz CT molecular complexity index is 348. The van der Waals surface area contributed by atoms with Gasteiger partial charge in [-0.3, -0.25) is 10.1 Å². The van der Waals surface area contributed by atoms with Crippen molar-refractivity contribution in [1.82, 2.24) is 0 Å². The fraction of sp³-hybridized carbons (Fsp3) is 0.400. The van der Waals surface area contributed by atoms with Gasteiger partial charge in [-0.05, 0) is 25.8 Å². The number of hydrogen-bond acceptors (Lipinski definition) is 3. The van der Waals surface area contributed by atoms with Gasteiger partial charge < -0.3 is 5.73 Å². The lowest BCUT2D eigenvalue weighted by atomic mass is 10.0. The first kappa shape index (κ1) is 10.7. The first-order valence-electron chi connectivity index (χ1n) is 4.51. The van der Waals surface area contributed by atoms with Gasteiger partial charge in [0.25, 0.3) is 5.69 Å². The summed E-state index contributed by atoms with van der Waals surface area (Å²) >= 11 is 0. The molecule has 0 aliphatic carbocycles. The minimum absolute atomic E-state index is 0.0238. The number of rotatable bonds is 3. The van der Waals surface area contributed by atoms with Crippen LogP contribution in [-0.2, 0) is 6.42 Å². The molecule has 4 nitrogen and oxygen atoms in total. The smallest absolute Gasteiger partial charge is 0.272 e. The number of hydrogen-bond donors (Lipinski definition) is 1. The van der Waals surface area contributed by atoms with Crippen molar-refractivity contribution in [2.45, 2.75) is 26.3 Å². The van der Waals surface area contributed by atoms with Crippen molar-refractivity contribution in [3.63, 3.8) is 0 Å². The SMILES string of the molecule is Cc1c(C[C@H](C)N)cccc1[N+](=O)[O-]. The molecule has 0 saturated carbocycles. The maximum absolute atomic E-state index is 10.6. The zero-order valence-corrected chi connectivity index (χ0v) is 8.36. The number of nitro groups is 1. The van der Waals surface area contributed by atoms with Crippen molar-refractivity contribution < 1.29 is 4.92 Å². The monoisotopic (exact) mass is 194 g/mol. The van der Waals surface area contributed by atoms with E-state index in [-0.39, 0.29) is 16.7 Å². The van der Waals surface area contributed by atoms with Crippen molar-refractivity contribution >= 4 is 5.69 Å². The van der Waals surface area contributed by atoms with Crippen LogP contribution in [0.25, 0.3) is 0 Å². The van der Waals surface area contributed by atoms with E-state index in [4.69, 9.17) is 5.73 Å². The number of benzene rings is 1. The fourth-order valence-corrected chi connectivity index (χ4v) is 1.44. The van der Waals surface area contributed by atoms with Crippen LogP contribution in [0.5, 0.6) is 0 Å². The topological polar surface area (TPSA) is 69.2 Å². The van der Waals surface area contributed by atoms with E-state index >= 15 is 0 Å². The van der Waals surface area contributed by atoms with Crippen molar-refractivity contribution in [3.05, 3.63) is 39.4 Å². The minimum Gasteiger partial charge on any atom is -0.328 e. The van der Waals surface area contributed by atoms with Crippen molar-refractivity contribution in [1.29, 1.82) is 0 Å². The Labute approximate surface area is 82.9 Å². The summed E-state index contributed by atoms with van der Waals surface area (Å²) in [7, 11) is 0. The minimum atomic E-state index is -0.361. The molecule has 1 aromatic rings. The van der Waals surface area contributed by atoms with E-state index in [2.05, 4.69) is 0 Å². The highest BCUT2D eigenvalue weighted by Gasteiger charge is 2.13. The molecule has 0 unspecified atom stereocenters. The highest BCUT2D eigenvalue weighted by molar-refractivity contribution is 5.44. The van der Waals surface area contributed by atoms with Gasteiger partial charge in [0.15, 0.2) is 0 Å². The average molecular weight is 194 g/mol. The molecule has 0 aliphatic heterocycles. The molecular formula is C10H14N2O2. The summed E-state index contributed by atoms with van der Waals surface area (Å²) < 4.78 is 0. The van der Waals surface area contributed by atoms with Gasteiger partial charge in [-0.2, -0.15) is 0 Å². The summed E-state index contributed by atoms with van der Waals surface area (Å²) in [6.45, 7) is 3.65. The molecule has 1 rings (SSSR count). The van der Waals surface area contributed by atoms with Crippen molar-refractivity contribution in [3.8, 4) is 0 Å². The van der Waals surface area contributed by atoms with Crippen LogP contribution in [0.15, 0.2) is 18.2 Å². The third-order valence-corrected chi connectivity index (χ3v) is 2.16. The van der Waals surface area contributed by atoms with Gasteiger partial charge in [0.2, 0.25) is 0 Å². The predicted octanol–water partition coefficient (Wildman–Crippen LogP) is 1.79. The lowest BCUT2D eigenvalue weighted by Crippen LogP contribution is -2.18. The molecule has 0 radical (unpaired) electrons. The summed E-state index contributed by atoms with van der Waals surface area (Å²) in [6, 6.07) is 5.12. The van der Waals surface area contributed by atoms with Crippen LogP contribution in [0.4, 0.5) is 5.69 Å². The van der Waals surface area contributed by atoms with Crippen LogP contribution in [0.2, 0.25) is 0 Å². The molecule has 0 fully saturated rings. The van der Waals surface area contributed by atoms with Crippen LogP contribution in [0.3, 0.4) is 0 Å². The Morgan fingerprint density at radius 2 is 2.21 bits per heavy atom. The van der Waals surface area contributed by atoms with E-state index in [1.54, 1.807) is 13.0 Å². The Morgan fingerprint density at radius 1 is 1.57 bits per heavy atom. The van der Waals surface area contributed by atoms with Gasteiger partial charge in [0.05, 0.1) is 4.92 Å². The van der Waals surface area contributed by atoms with E-state index in [0.29, 0.717) is 6.42 Å². The molecule has 14 heavy (non-hydrogen) atoms. The summed E-state index contributed by atoms with van der Waals surface area (Å²) in [5.41, 5.74) is 7.49. The summed E-state index contributed by atoms with van der Waals surface area (Å²) in [6.07, 6.45) is 0.674. The van der Waals surface area contributed by atoms with E-state index in [1.807, 2.05) is 13.0 Å². The van der Waals surface area contributed by atoms with Gasteiger partial charge in [-0.25, -0.2) is 0 Å². The molecule has 1 atom stereocenters. The Morgan fingerprint density at radius 3 is 2.71 bits per heavy atom. The van der Waals surface area contributed by atoms with Crippen molar-refractivity contribution in [2.24, 2.45) is 5.73 Å². The number of nitro benzene ring substituents is 1. The van der Waals surface area contributed by atoms with Crippen molar-refractivity contribution in [2.75, 3.05) is 0 Å². The molecule has 0 aliphatic rings. The second kappa shape index (κ2) is 4.19. The summed E-state index contributed by atoms with van der Waals surface area (Å²) in [4.78, 5) is 10.3. The van der Waals surface area contributed by atoms with E-state index in [0.717, 1.165) is 11.1 Å². The fourth-order valence-electron chi connectivity index (χ4n) is 1.44. The molecule has 0 spiro atoms. The van der Waals surface area contributed by atoms with Gasteiger partial charge in [0.1, 0.15) is 0 Å². The van der Waals surface area contributed by atoms with Gasteiger partial charge in [0, 0.05) is 17.7 Å². The molecule has 0 heterocycles. The zero-order chi connectivity index (χ0) is 10.7. The van der Waals surface area contributed by atoms with Crippen LogP contribution in [0, 0.1) is 17.0 Å². The molecule has 1 aromatic carbocycles. The van der Waals surface area contributed by atoms with E-state index < -0.39 is 0 Å². The van der Waals surface area contributed by atoms with Crippen LogP contribution >= 0.6 is 0 Å². The lowest BCUT2D eigenvalue weighted by Gasteiger charge is -2.08. The molecule has 2 N–H and O–H groups in total. The Hall–Kier alpha value is -1.42. The molecule has 0 bridgehead atoms. The Balaban J connectivity index is 3.07. The van der Waals surface area contributed by atoms with Crippen LogP contribution < -0.4 is 5.73 Å². The van der Waals surface area contributed by atoms with Gasteiger partial charge in [-0.1, -0.05) is 12.1 Å². The molecular weight excluding hydrogens is 180 g/mol. The highest BCUT2D eigenvalue weighted by Crippen LogP contribution is 2.21. The molecule has 0 saturated heterocycles. The molecule has 76 valence electrons. The second-order valence-electron chi connectivity index (χ2n) is 3.50. The van der Waals surface area contributed by atoms with Gasteiger partial charge in [-0.15, -0.1) is 0 Å². The third kappa shape index (κ3) is 2.29. The van der Waals surface area contributed by atoms with Crippen LogP contribution in [-0.4, -0.2) is 11.0 Å². The predicted molar refractivity (Wildman–Crippen MR) is 55.2 cm³/mol. The highest BCUT2D eigenvalue weighted by atomic mass is 16.6. The second-order valence-corrected chi connectivity index (χ2v) is 3.50. The summed E-state index contributed by atoms with van der Waals surface area (Å²) in [5, 5.41) is 10.6. The average Bonchev–Trinajstić information content (AvgIpc) is 2.07. The first-order chi connectivity index (χ1) is 6.52. The normalized spacial score (nSPS) is 12.5.